The van der Waals surface area contributed by atoms with Crippen molar-refractivity contribution in [1.82, 2.24) is 0 Å². The van der Waals surface area contributed by atoms with E-state index in [0.29, 0.717) is 5.75 Å². The largest absolute Gasteiger partial charge is 0.497 e. The van der Waals surface area contributed by atoms with Gasteiger partial charge >= 0.3 is 6.18 Å². The van der Waals surface area contributed by atoms with Gasteiger partial charge in [0.25, 0.3) is 0 Å². The van der Waals surface area contributed by atoms with Gasteiger partial charge in [0.15, 0.2) is 0 Å². The highest BCUT2D eigenvalue weighted by Crippen LogP contribution is 2.45. The van der Waals surface area contributed by atoms with Gasteiger partial charge in [-0.2, -0.15) is 13.2 Å². The van der Waals surface area contributed by atoms with Gasteiger partial charge in [0.2, 0.25) is 0 Å². The Bertz CT molecular complexity index is 477. The fourth-order valence-electron chi connectivity index (χ4n) is 2.69. The molecule has 0 aliphatic heterocycles. The highest BCUT2D eigenvalue weighted by Gasteiger charge is 2.46. The monoisotopic (exact) mass is 292 g/mol. The Balaban J connectivity index is 2.17. The molecule has 2 nitrogen and oxygen atoms in total. The van der Waals surface area contributed by atoms with Crippen LogP contribution in [0.25, 0.3) is 0 Å². The van der Waals surface area contributed by atoms with Gasteiger partial charge in [-0.25, -0.2) is 4.39 Å². The van der Waals surface area contributed by atoms with Gasteiger partial charge in [-0.1, -0.05) is 0 Å². The SMILES string of the molecule is COc1ccc(C2(O)CCC(C(F)(F)F)CC2)c(F)c1. The quantitative estimate of drug-likeness (QED) is 0.841. The molecule has 0 atom stereocenters. The molecular weight excluding hydrogens is 276 g/mol. The molecule has 0 unspecified atom stereocenters. The normalized spacial score (nSPS) is 27.4. The number of alkyl halides is 3. The first-order valence-corrected chi connectivity index (χ1v) is 6.39. The van der Waals surface area contributed by atoms with Crippen LogP contribution in [0.2, 0.25) is 0 Å². The Morgan fingerprint density at radius 1 is 1.25 bits per heavy atom. The van der Waals surface area contributed by atoms with Crippen molar-refractivity contribution in [2.75, 3.05) is 7.11 Å². The van der Waals surface area contributed by atoms with Crippen LogP contribution in [0.3, 0.4) is 0 Å². The number of benzene rings is 1. The van der Waals surface area contributed by atoms with Gasteiger partial charge in [-0.3, -0.25) is 0 Å². The predicted octanol–water partition coefficient (Wildman–Crippen LogP) is 3.77. The predicted molar refractivity (Wildman–Crippen MR) is 64.9 cm³/mol. The van der Waals surface area contributed by atoms with Crippen LogP contribution in [-0.4, -0.2) is 18.4 Å². The molecule has 1 saturated carbocycles. The number of hydrogen-bond acceptors (Lipinski definition) is 2. The van der Waals surface area contributed by atoms with Gasteiger partial charge in [-0.15, -0.1) is 0 Å². The van der Waals surface area contributed by atoms with E-state index in [0.717, 1.165) is 6.07 Å². The molecule has 0 saturated heterocycles. The van der Waals surface area contributed by atoms with Crippen LogP contribution in [0.5, 0.6) is 5.75 Å². The molecule has 0 amide bonds. The lowest BCUT2D eigenvalue weighted by Crippen LogP contribution is -2.37. The van der Waals surface area contributed by atoms with Gasteiger partial charge in [0, 0.05) is 11.6 Å². The Labute approximate surface area is 114 Å². The number of ether oxygens (including phenoxy) is 1. The van der Waals surface area contributed by atoms with Crippen LogP contribution < -0.4 is 4.74 Å². The zero-order chi connectivity index (χ0) is 15.0. The van der Waals surface area contributed by atoms with Crippen LogP contribution in [0.4, 0.5) is 17.6 Å². The van der Waals surface area contributed by atoms with E-state index in [1.54, 1.807) is 0 Å². The van der Waals surface area contributed by atoms with Crippen molar-refractivity contribution >= 4 is 0 Å². The molecule has 0 spiro atoms. The van der Waals surface area contributed by atoms with Crippen molar-refractivity contribution in [1.29, 1.82) is 0 Å². The Morgan fingerprint density at radius 2 is 1.85 bits per heavy atom. The van der Waals surface area contributed by atoms with E-state index in [1.165, 1.54) is 19.2 Å². The van der Waals surface area contributed by atoms with Crippen molar-refractivity contribution in [3.05, 3.63) is 29.6 Å². The van der Waals surface area contributed by atoms with E-state index in [9.17, 15) is 22.7 Å². The second-order valence-corrected chi connectivity index (χ2v) is 5.19. The van der Waals surface area contributed by atoms with E-state index >= 15 is 0 Å². The maximum Gasteiger partial charge on any atom is 0.391 e. The minimum atomic E-state index is -4.25. The topological polar surface area (TPSA) is 29.5 Å². The lowest BCUT2D eigenvalue weighted by molar-refractivity contribution is -0.193. The smallest absolute Gasteiger partial charge is 0.391 e. The van der Waals surface area contributed by atoms with E-state index in [1.807, 2.05) is 0 Å². The summed E-state index contributed by atoms with van der Waals surface area (Å²) in [4.78, 5) is 0. The molecule has 0 radical (unpaired) electrons. The minimum absolute atomic E-state index is 0.0407. The Hall–Kier alpha value is -1.30. The maximum absolute atomic E-state index is 13.9. The Kier molecular flexibility index (Phi) is 3.95. The number of aliphatic hydroxyl groups is 1. The maximum atomic E-state index is 13.9. The van der Waals surface area contributed by atoms with Gasteiger partial charge in [0.05, 0.1) is 18.6 Å². The molecule has 0 aromatic heterocycles. The van der Waals surface area contributed by atoms with E-state index in [-0.39, 0.29) is 31.2 Å². The number of halogens is 4. The van der Waals surface area contributed by atoms with Crippen LogP contribution in [0.1, 0.15) is 31.2 Å². The van der Waals surface area contributed by atoms with Crippen molar-refractivity contribution in [2.45, 2.75) is 37.5 Å². The van der Waals surface area contributed by atoms with Crippen LogP contribution in [0.15, 0.2) is 18.2 Å². The lowest BCUT2D eigenvalue weighted by Gasteiger charge is -2.37. The molecule has 1 fully saturated rings. The van der Waals surface area contributed by atoms with Crippen molar-refractivity contribution in [3.63, 3.8) is 0 Å². The molecular formula is C14H16F4O2. The van der Waals surface area contributed by atoms with E-state index in [4.69, 9.17) is 4.74 Å². The summed E-state index contributed by atoms with van der Waals surface area (Å²) in [5.74, 6) is -1.76. The second-order valence-electron chi connectivity index (χ2n) is 5.19. The first-order chi connectivity index (χ1) is 9.26. The van der Waals surface area contributed by atoms with Crippen LogP contribution in [0, 0.1) is 11.7 Å². The van der Waals surface area contributed by atoms with Crippen LogP contribution in [-0.2, 0) is 5.60 Å². The highest BCUT2D eigenvalue weighted by atomic mass is 19.4. The van der Waals surface area contributed by atoms with E-state index in [2.05, 4.69) is 0 Å². The van der Waals surface area contributed by atoms with Crippen LogP contribution >= 0.6 is 0 Å². The lowest BCUT2D eigenvalue weighted by atomic mass is 9.75. The molecule has 1 aliphatic carbocycles. The zero-order valence-corrected chi connectivity index (χ0v) is 11.0. The summed E-state index contributed by atoms with van der Waals surface area (Å²) in [5, 5.41) is 10.4. The van der Waals surface area contributed by atoms with Gasteiger partial charge < -0.3 is 9.84 Å². The molecule has 0 bridgehead atoms. The Morgan fingerprint density at radius 3 is 2.30 bits per heavy atom. The average molecular weight is 292 g/mol. The first kappa shape index (κ1) is 15.1. The summed E-state index contributed by atoms with van der Waals surface area (Å²) in [6.07, 6.45) is -4.82. The highest BCUT2D eigenvalue weighted by molar-refractivity contribution is 5.32. The third kappa shape index (κ3) is 2.90. The molecule has 2 rings (SSSR count). The van der Waals surface area contributed by atoms with Crippen molar-refractivity contribution < 1.29 is 27.4 Å². The summed E-state index contributed by atoms with van der Waals surface area (Å²) in [6.45, 7) is 0. The summed E-state index contributed by atoms with van der Waals surface area (Å²) in [5.41, 5.74) is -1.49. The minimum Gasteiger partial charge on any atom is -0.497 e. The fraction of sp³-hybridized carbons (Fsp3) is 0.571. The molecule has 112 valence electrons. The first-order valence-electron chi connectivity index (χ1n) is 6.39. The number of rotatable bonds is 2. The molecule has 6 heteroatoms. The summed E-state index contributed by atoms with van der Waals surface area (Å²) in [7, 11) is 1.39. The number of methoxy groups -OCH3 is 1. The molecule has 1 aromatic carbocycles. The molecule has 1 aromatic rings. The molecule has 0 heterocycles. The standard InChI is InChI=1S/C14H16F4O2/c1-20-10-2-3-11(12(15)8-10)13(19)6-4-9(5-7-13)14(16,17)18/h2-3,8-9,19H,4-7H2,1H3. The molecule has 20 heavy (non-hydrogen) atoms. The summed E-state index contributed by atoms with van der Waals surface area (Å²) >= 11 is 0. The van der Waals surface area contributed by atoms with Gasteiger partial charge in [-0.05, 0) is 37.8 Å². The fourth-order valence-corrected chi connectivity index (χ4v) is 2.69. The second kappa shape index (κ2) is 5.24. The van der Waals surface area contributed by atoms with Crippen molar-refractivity contribution in [3.8, 4) is 5.75 Å². The molecule has 1 aliphatic rings. The number of hydrogen-bond donors (Lipinski definition) is 1. The zero-order valence-electron chi connectivity index (χ0n) is 11.0. The average Bonchev–Trinajstić information content (AvgIpc) is 2.37. The van der Waals surface area contributed by atoms with Crippen molar-refractivity contribution in [2.24, 2.45) is 5.92 Å². The summed E-state index contributed by atoms with van der Waals surface area (Å²) in [6, 6.07) is 4.00. The summed E-state index contributed by atoms with van der Waals surface area (Å²) < 4.78 is 56.6. The van der Waals surface area contributed by atoms with Gasteiger partial charge in [0.1, 0.15) is 11.6 Å². The molecule has 1 N–H and O–H groups in total. The third-order valence-electron chi connectivity index (χ3n) is 3.95. The third-order valence-corrected chi connectivity index (χ3v) is 3.95. The van der Waals surface area contributed by atoms with E-state index < -0.39 is 23.5 Å².